The molecule has 0 rings (SSSR count). The first-order chi connectivity index (χ1) is 7.32. The fourth-order valence-electron chi connectivity index (χ4n) is 0.632. The third-order valence-corrected chi connectivity index (χ3v) is 1.68. The van der Waals surface area contributed by atoms with Gasteiger partial charge in [0.1, 0.15) is 12.1 Å². The van der Waals surface area contributed by atoms with E-state index >= 15 is 0 Å². The average Bonchev–Trinajstić information content (AvgIpc) is 2.18. The molecule has 0 bridgehead atoms. The van der Waals surface area contributed by atoms with Crippen molar-refractivity contribution in [2.45, 2.75) is 38.3 Å². The minimum atomic E-state index is -0.963. The molecule has 0 radical (unpaired) electrons. The molecule has 0 fully saturated rings. The van der Waals surface area contributed by atoms with Gasteiger partial charge in [-0.05, 0) is 26.3 Å². The molecule has 0 aliphatic rings. The maximum atomic E-state index is 10.1. The van der Waals surface area contributed by atoms with Crippen molar-refractivity contribution in [3.05, 3.63) is 0 Å². The Morgan fingerprint density at radius 2 is 1.56 bits per heavy atom. The lowest BCUT2D eigenvalue weighted by atomic mass is 10.1. The van der Waals surface area contributed by atoms with Crippen molar-refractivity contribution in [1.82, 2.24) is 0 Å². The molecule has 0 aromatic rings. The molecular formula is C9H21N3O4. The second kappa shape index (κ2) is 10.3. The highest BCUT2D eigenvalue weighted by Crippen LogP contribution is 1.96. The molecule has 7 heteroatoms. The van der Waals surface area contributed by atoms with Crippen LogP contribution in [-0.4, -0.2) is 40.8 Å². The van der Waals surface area contributed by atoms with Gasteiger partial charge in [0, 0.05) is 0 Å². The Morgan fingerprint density at radius 3 is 1.81 bits per heavy atom. The van der Waals surface area contributed by atoms with Crippen LogP contribution in [-0.2, 0) is 9.59 Å². The van der Waals surface area contributed by atoms with E-state index in [1.807, 2.05) is 0 Å². The van der Waals surface area contributed by atoms with Gasteiger partial charge in [0.15, 0.2) is 0 Å². The minimum absolute atomic E-state index is 0.520. The molecule has 16 heavy (non-hydrogen) atoms. The van der Waals surface area contributed by atoms with Gasteiger partial charge in [0.05, 0.1) is 0 Å². The average molecular weight is 235 g/mol. The molecule has 8 N–H and O–H groups in total. The van der Waals surface area contributed by atoms with Crippen LogP contribution in [0.15, 0.2) is 0 Å². The number of carboxylic acids is 2. The van der Waals surface area contributed by atoms with E-state index in [-0.39, 0.29) is 0 Å². The van der Waals surface area contributed by atoms with Gasteiger partial charge in [-0.3, -0.25) is 9.59 Å². The predicted octanol–water partition coefficient (Wildman–Crippen LogP) is -1.05. The van der Waals surface area contributed by atoms with Crippen molar-refractivity contribution < 1.29 is 19.8 Å². The molecule has 0 aromatic carbocycles. The number of unbranched alkanes of at least 4 members (excludes halogenated alkanes) is 1. The first kappa shape index (κ1) is 17.2. The molecule has 0 unspecified atom stereocenters. The van der Waals surface area contributed by atoms with E-state index in [1.165, 1.54) is 6.92 Å². The van der Waals surface area contributed by atoms with Crippen molar-refractivity contribution in [2.75, 3.05) is 6.54 Å². The van der Waals surface area contributed by atoms with Gasteiger partial charge in [0.25, 0.3) is 0 Å². The van der Waals surface area contributed by atoms with Gasteiger partial charge < -0.3 is 27.4 Å². The molecule has 0 aromatic heterocycles. The summed E-state index contributed by atoms with van der Waals surface area (Å²) in [6.07, 6.45) is 2.16. The minimum Gasteiger partial charge on any atom is -0.480 e. The third-order valence-electron chi connectivity index (χ3n) is 1.68. The van der Waals surface area contributed by atoms with E-state index in [4.69, 9.17) is 27.4 Å². The van der Waals surface area contributed by atoms with Crippen LogP contribution in [0.1, 0.15) is 26.2 Å². The van der Waals surface area contributed by atoms with Crippen LogP contribution >= 0.6 is 0 Å². The topological polar surface area (TPSA) is 153 Å². The maximum absolute atomic E-state index is 10.1. The second-order valence-electron chi connectivity index (χ2n) is 3.36. The molecular weight excluding hydrogens is 214 g/mol. The summed E-state index contributed by atoms with van der Waals surface area (Å²) >= 11 is 0. The molecule has 0 saturated heterocycles. The third kappa shape index (κ3) is 12.8. The summed E-state index contributed by atoms with van der Waals surface area (Å²) in [5.41, 5.74) is 15.3. The summed E-state index contributed by atoms with van der Waals surface area (Å²) in [6, 6.07) is -1.45. The van der Waals surface area contributed by atoms with E-state index in [2.05, 4.69) is 0 Å². The lowest BCUT2D eigenvalue weighted by Crippen LogP contribution is -2.29. The molecule has 0 aliphatic heterocycles. The first-order valence-corrected chi connectivity index (χ1v) is 4.99. The zero-order valence-corrected chi connectivity index (χ0v) is 9.43. The number of hydrogen-bond acceptors (Lipinski definition) is 5. The zero-order chi connectivity index (χ0) is 13.1. The first-order valence-electron chi connectivity index (χ1n) is 4.99. The van der Waals surface area contributed by atoms with E-state index < -0.39 is 24.0 Å². The van der Waals surface area contributed by atoms with Crippen LogP contribution < -0.4 is 17.2 Å². The zero-order valence-electron chi connectivity index (χ0n) is 9.43. The quantitative estimate of drug-likeness (QED) is 0.368. The van der Waals surface area contributed by atoms with E-state index in [0.29, 0.717) is 13.0 Å². The van der Waals surface area contributed by atoms with E-state index in [9.17, 15) is 9.59 Å². The highest BCUT2D eigenvalue weighted by Gasteiger charge is 2.09. The Bertz CT molecular complexity index is 209. The number of rotatable bonds is 6. The summed E-state index contributed by atoms with van der Waals surface area (Å²) in [4.78, 5) is 19.7. The predicted molar refractivity (Wildman–Crippen MR) is 59.8 cm³/mol. The summed E-state index contributed by atoms with van der Waals surface area (Å²) in [5, 5.41) is 16.2. The van der Waals surface area contributed by atoms with Crippen molar-refractivity contribution in [1.29, 1.82) is 0 Å². The van der Waals surface area contributed by atoms with Crippen LogP contribution in [0.4, 0.5) is 0 Å². The summed E-state index contributed by atoms with van der Waals surface area (Å²) in [7, 11) is 0. The maximum Gasteiger partial charge on any atom is 0.320 e. The van der Waals surface area contributed by atoms with Gasteiger partial charge in [-0.25, -0.2) is 0 Å². The van der Waals surface area contributed by atoms with Gasteiger partial charge in [-0.2, -0.15) is 0 Å². The van der Waals surface area contributed by atoms with Gasteiger partial charge in [-0.15, -0.1) is 0 Å². The molecule has 7 nitrogen and oxygen atoms in total. The fourth-order valence-corrected chi connectivity index (χ4v) is 0.632. The number of hydrogen-bond donors (Lipinski definition) is 5. The molecule has 2 atom stereocenters. The Hall–Kier alpha value is -1.18. The Balaban J connectivity index is 0. The van der Waals surface area contributed by atoms with Crippen LogP contribution in [0.25, 0.3) is 0 Å². The van der Waals surface area contributed by atoms with E-state index in [1.54, 1.807) is 0 Å². The van der Waals surface area contributed by atoms with Gasteiger partial charge in [-0.1, -0.05) is 6.42 Å². The Morgan fingerprint density at radius 1 is 1.12 bits per heavy atom. The van der Waals surface area contributed by atoms with Crippen LogP contribution in [0.5, 0.6) is 0 Å². The lowest BCUT2D eigenvalue weighted by molar-refractivity contribution is -0.139. The largest absolute Gasteiger partial charge is 0.480 e. The van der Waals surface area contributed by atoms with Crippen molar-refractivity contribution in [2.24, 2.45) is 17.2 Å². The van der Waals surface area contributed by atoms with Crippen LogP contribution in [0.2, 0.25) is 0 Å². The summed E-state index contributed by atoms with van der Waals surface area (Å²) in [5.74, 6) is -1.90. The van der Waals surface area contributed by atoms with Crippen molar-refractivity contribution >= 4 is 11.9 Å². The monoisotopic (exact) mass is 235 g/mol. The molecule has 0 spiro atoms. The van der Waals surface area contributed by atoms with Crippen LogP contribution in [0.3, 0.4) is 0 Å². The SMILES string of the molecule is C[C@@H](N)C(=O)O.NCCCC[C@H](N)C(=O)O. The smallest absolute Gasteiger partial charge is 0.320 e. The fraction of sp³-hybridized carbons (Fsp3) is 0.778. The summed E-state index contributed by atoms with van der Waals surface area (Å²) < 4.78 is 0. The number of carbonyl (C=O) groups is 2. The van der Waals surface area contributed by atoms with Crippen molar-refractivity contribution in [3.63, 3.8) is 0 Å². The number of aliphatic carboxylic acids is 2. The lowest BCUT2D eigenvalue weighted by Gasteiger charge is -2.03. The second-order valence-corrected chi connectivity index (χ2v) is 3.36. The van der Waals surface area contributed by atoms with Crippen molar-refractivity contribution in [3.8, 4) is 0 Å². The molecule has 96 valence electrons. The summed E-state index contributed by atoms with van der Waals surface area (Å²) in [6.45, 7) is 2.02. The standard InChI is InChI=1S/C6H14N2O2.C3H7NO2/c7-4-2-1-3-5(8)6(9)10;1-2(4)3(5)6/h5H,1-4,7-8H2,(H,9,10);2H,4H2,1H3,(H,5,6)/t5-;2-/m01/s1. The van der Waals surface area contributed by atoms with Gasteiger partial charge in [0.2, 0.25) is 0 Å². The molecule has 0 amide bonds. The highest BCUT2D eigenvalue weighted by atomic mass is 16.4. The normalized spacial score (nSPS) is 13.2. The Labute approximate surface area is 94.6 Å². The van der Waals surface area contributed by atoms with E-state index in [0.717, 1.165) is 12.8 Å². The number of carboxylic acid groups (broad SMARTS) is 2. The molecule has 0 saturated carbocycles. The Kier molecular flexibility index (Phi) is 11.1. The highest BCUT2D eigenvalue weighted by molar-refractivity contribution is 5.73. The molecule has 0 aliphatic carbocycles. The van der Waals surface area contributed by atoms with Crippen LogP contribution in [0, 0.1) is 0 Å². The molecule has 0 heterocycles. The number of nitrogens with two attached hydrogens (primary N) is 3. The van der Waals surface area contributed by atoms with Gasteiger partial charge >= 0.3 is 11.9 Å².